The molecule has 2 aromatic rings. The summed E-state index contributed by atoms with van der Waals surface area (Å²) in [5.74, 6) is -0.624. The molecule has 11 nitrogen and oxygen atoms in total. The Balaban J connectivity index is 1.40. The fraction of sp³-hybridized carbons (Fsp3) is 0.581. The van der Waals surface area contributed by atoms with Gasteiger partial charge in [0.2, 0.25) is 0 Å². The fourth-order valence-corrected chi connectivity index (χ4v) is 3.57. The second-order valence-electron chi connectivity index (χ2n) is 9.28. The van der Waals surface area contributed by atoms with Crippen LogP contribution < -0.4 is 10.6 Å². The van der Waals surface area contributed by atoms with E-state index >= 15 is 0 Å². The molecule has 0 spiro atoms. The van der Waals surface area contributed by atoms with E-state index in [1.807, 2.05) is 7.05 Å². The van der Waals surface area contributed by atoms with E-state index < -0.39 is 17.7 Å². The van der Waals surface area contributed by atoms with E-state index in [-0.39, 0.29) is 24.5 Å². The molecule has 2 aromatic carbocycles. The molecule has 0 radical (unpaired) electrons. The predicted molar refractivity (Wildman–Crippen MR) is 161 cm³/mol. The summed E-state index contributed by atoms with van der Waals surface area (Å²) in [6.07, 6.45) is -4.47. The number of halogens is 3. The normalized spacial score (nSPS) is 11.6. The van der Waals surface area contributed by atoms with Crippen LogP contribution in [-0.2, 0) is 44.1 Å². The zero-order valence-electron chi connectivity index (χ0n) is 25.7. The predicted octanol–water partition coefficient (Wildman–Crippen LogP) is 3.94. The van der Waals surface area contributed by atoms with Gasteiger partial charge >= 0.3 is 12.1 Å². The summed E-state index contributed by atoms with van der Waals surface area (Å²) in [7, 11) is 1.88. The third-order valence-corrected chi connectivity index (χ3v) is 5.81. The first-order chi connectivity index (χ1) is 21.9. The quantitative estimate of drug-likeness (QED) is 0.109. The Kier molecular flexibility index (Phi) is 20.8. The summed E-state index contributed by atoms with van der Waals surface area (Å²) in [4.78, 5) is 12.5. The van der Waals surface area contributed by atoms with Gasteiger partial charge in [-0.25, -0.2) is 4.79 Å². The van der Waals surface area contributed by atoms with E-state index in [4.69, 9.17) is 37.9 Å². The third kappa shape index (κ3) is 18.7. The van der Waals surface area contributed by atoms with Gasteiger partial charge in [-0.05, 0) is 37.4 Å². The Bertz CT molecular complexity index is 1050. The molecule has 14 heteroatoms. The highest BCUT2D eigenvalue weighted by Crippen LogP contribution is 2.32. The Morgan fingerprint density at radius 2 is 1.09 bits per heavy atom. The van der Waals surface area contributed by atoms with E-state index in [0.717, 1.165) is 18.7 Å². The summed E-state index contributed by atoms with van der Waals surface area (Å²) in [6.45, 7) is 7.13. The van der Waals surface area contributed by atoms with E-state index in [9.17, 15) is 18.0 Å². The van der Waals surface area contributed by atoms with E-state index in [2.05, 4.69) is 10.6 Å². The zero-order valence-corrected chi connectivity index (χ0v) is 25.7. The van der Waals surface area contributed by atoms with Gasteiger partial charge in [0.05, 0.1) is 109 Å². The number of benzene rings is 2. The van der Waals surface area contributed by atoms with E-state index in [1.165, 1.54) is 18.2 Å². The molecule has 0 heterocycles. The number of para-hydroxylation sites is 1. The van der Waals surface area contributed by atoms with Crippen LogP contribution in [0.15, 0.2) is 48.5 Å². The van der Waals surface area contributed by atoms with Crippen LogP contribution in [0.1, 0.15) is 15.9 Å². The third-order valence-electron chi connectivity index (χ3n) is 5.81. The SMILES string of the molecule is CNCCOCCOCCOCCOCCOCCOCCOCCOC(=O)c1ccccc1Nc1cccc(C(F)(F)F)c1. The summed E-state index contributed by atoms with van der Waals surface area (Å²) < 4.78 is 82.2. The number of nitrogens with one attached hydrogen (secondary N) is 2. The molecule has 0 fully saturated rings. The number of likely N-dealkylation sites (N-methyl/N-ethyl adjacent to an activating group) is 1. The monoisotopic (exact) mass is 646 g/mol. The summed E-state index contributed by atoms with van der Waals surface area (Å²) in [5.41, 5.74) is -0.0748. The summed E-state index contributed by atoms with van der Waals surface area (Å²) in [6, 6.07) is 11.1. The lowest BCUT2D eigenvalue weighted by molar-refractivity contribution is -0.137. The highest BCUT2D eigenvalue weighted by Gasteiger charge is 2.30. The van der Waals surface area contributed by atoms with Crippen LogP contribution >= 0.6 is 0 Å². The van der Waals surface area contributed by atoms with Crippen molar-refractivity contribution in [3.05, 3.63) is 59.7 Å². The van der Waals surface area contributed by atoms with Crippen LogP contribution in [0.3, 0.4) is 0 Å². The maximum absolute atomic E-state index is 13.0. The van der Waals surface area contributed by atoms with Crippen LogP contribution in [0.25, 0.3) is 0 Å². The average molecular weight is 647 g/mol. The van der Waals surface area contributed by atoms with Crippen molar-refractivity contribution in [1.29, 1.82) is 0 Å². The van der Waals surface area contributed by atoms with Gasteiger partial charge in [0.25, 0.3) is 0 Å². The highest BCUT2D eigenvalue weighted by molar-refractivity contribution is 5.96. The molecule has 0 amide bonds. The van der Waals surface area contributed by atoms with Crippen molar-refractivity contribution in [2.24, 2.45) is 0 Å². The number of hydrogen-bond acceptors (Lipinski definition) is 11. The molecule has 0 saturated carbocycles. The molecule has 0 unspecified atom stereocenters. The van der Waals surface area contributed by atoms with Gasteiger partial charge in [0.1, 0.15) is 6.61 Å². The van der Waals surface area contributed by atoms with Gasteiger partial charge < -0.3 is 48.5 Å². The van der Waals surface area contributed by atoms with Gasteiger partial charge in [0.15, 0.2) is 0 Å². The van der Waals surface area contributed by atoms with E-state index in [0.29, 0.717) is 91.6 Å². The lowest BCUT2D eigenvalue weighted by Gasteiger charge is -2.13. The molecule has 0 aromatic heterocycles. The van der Waals surface area contributed by atoms with Crippen molar-refractivity contribution in [3.8, 4) is 0 Å². The number of carbonyl (C=O) groups is 1. The minimum atomic E-state index is -4.47. The van der Waals surface area contributed by atoms with Gasteiger partial charge in [-0.2, -0.15) is 13.2 Å². The first-order valence-corrected chi connectivity index (χ1v) is 14.8. The number of alkyl halides is 3. The molecule has 0 aliphatic carbocycles. The largest absolute Gasteiger partial charge is 0.460 e. The number of ether oxygens (including phenoxy) is 8. The van der Waals surface area contributed by atoms with Crippen molar-refractivity contribution in [3.63, 3.8) is 0 Å². The van der Waals surface area contributed by atoms with Crippen LogP contribution in [-0.4, -0.2) is 119 Å². The minimum absolute atomic E-state index is 0.00548. The fourth-order valence-electron chi connectivity index (χ4n) is 3.57. The number of rotatable bonds is 27. The first-order valence-electron chi connectivity index (χ1n) is 14.8. The molecule has 0 saturated heterocycles. The molecule has 254 valence electrons. The molecule has 2 N–H and O–H groups in total. The van der Waals surface area contributed by atoms with Gasteiger partial charge in [-0.3, -0.25) is 0 Å². The lowest BCUT2D eigenvalue weighted by Crippen LogP contribution is -2.17. The molecule has 0 bridgehead atoms. The Morgan fingerprint density at radius 1 is 0.622 bits per heavy atom. The average Bonchev–Trinajstić information content (AvgIpc) is 3.03. The molecular formula is C31H45F3N2O9. The number of carbonyl (C=O) groups excluding carboxylic acids is 1. The van der Waals surface area contributed by atoms with Gasteiger partial charge in [-0.15, -0.1) is 0 Å². The van der Waals surface area contributed by atoms with Gasteiger partial charge in [-0.1, -0.05) is 18.2 Å². The maximum Gasteiger partial charge on any atom is 0.416 e. The Labute approximate surface area is 262 Å². The minimum Gasteiger partial charge on any atom is -0.460 e. The Morgan fingerprint density at radius 3 is 1.58 bits per heavy atom. The molecule has 0 aliphatic rings. The van der Waals surface area contributed by atoms with Crippen molar-refractivity contribution in [1.82, 2.24) is 5.32 Å². The lowest BCUT2D eigenvalue weighted by atomic mass is 10.1. The van der Waals surface area contributed by atoms with Crippen molar-refractivity contribution < 1.29 is 55.9 Å². The molecule has 0 atom stereocenters. The van der Waals surface area contributed by atoms with Crippen LogP contribution in [0, 0.1) is 0 Å². The first kappa shape index (κ1) is 38.4. The highest BCUT2D eigenvalue weighted by atomic mass is 19.4. The smallest absolute Gasteiger partial charge is 0.416 e. The maximum atomic E-state index is 13.0. The topological polar surface area (TPSA) is 115 Å². The summed E-state index contributed by atoms with van der Waals surface area (Å²) >= 11 is 0. The Hall–Kier alpha value is -2.82. The zero-order chi connectivity index (χ0) is 32.4. The van der Waals surface area contributed by atoms with Crippen molar-refractivity contribution in [2.75, 3.05) is 118 Å². The standard InChI is InChI=1S/C31H45F3N2O9/c1-35-9-10-38-11-12-39-13-14-40-15-16-41-17-18-42-19-20-43-21-22-44-23-24-45-30(37)28-7-2-3-8-29(28)36-27-6-4-5-26(25-27)31(32,33)34/h2-8,25,35-36H,9-24H2,1H3. The number of esters is 1. The molecule has 2 rings (SSSR count). The van der Waals surface area contributed by atoms with Crippen LogP contribution in [0.4, 0.5) is 24.5 Å². The van der Waals surface area contributed by atoms with Gasteiger partial charge in [0, 0.05) is 12.2 Å². The van der Waals surface area contributed by atoms with E-state index in [1.54, 1.807) is 18.2 Å². The summed E-state index contributed by atoms with van der Waals surface area (Å²) in [5, 5.41) is 5.86. The molecular weight excluding hydrogens is 601 g/mol. The second-order valence-corrected chi connectivity index (χ2v) is 9.28. The van der Waals surface area contributed by atoms with Crippen LogP contribution in [0.2, 0.25) is 0 Å². The number of anilines is 2. The molecule has 0 aliphatic heterocycles. The van der Waals surface area contributed by atoms with Crippen LogP contribution in [0.5, 0.6) is 0 Å². The van der Waals surface area contributed by atoms with Crippen molar-refractivity contribution in [2.45, 2.75) is 6.18 Å². The second kappa shape index (κ2) is 24.4. The molecule has 45 heavy (non-hydrogen) atoms. The number of hydrogen-bond donors (Lipinski definition) is 2. The van der Waals surface area contributed by atoms with Crippen molar-refractivity contribution >= 4 is 17.3 Å².